The molecule has 2 aromatic heterocycles. The molecule has 0 radical (unpaired) electrons. The Hall–Kier alpha value is -3.22. The van der Waals surface area contributed by atoms with E-state index in [1.165, 1.54) is 5.56 Å². The first kappa shape index (κ1) is 20.1. The monoisotopic (exact) mass is 405 g/mol. The van der Waals surface area contributed by atoms with Crippen molar-refractivity contribution in [1.82, 2.24) is 24.8 Å². The number of likely N-dealkylation sites (tertiary alicyclic amines) is 1. The average molecular weight is 406 g/mol. The number of fused-ring (bicyclic) bond motifs is 1. The van der Waals surface area contributed by atoms with Gasteiger partial charge in [0, 0.05) is 25.7 Å². The summed E-state index contributed by atoms with van der Waals surface area (Å²) in [6, 6.07) is 13.9. The van der Waals surface area contributed by atoms with Crippen molar-refractivity contribution in [3.8, 4) is 0 Å². The normalized spacial score (nSPS) is 16.2. The van der Waals surface area contributed by atoms with Crippen LogP contribution in [-0.4, -0.2) is 44.4 Å². The van der Waals surface area contributed by atoms with E-state index >= 15 is 0 Å². The highest BCUT2D eigenvalue weighted by Crippen LogP contribution is 2.21. The van der Waals surface area contributed by atoms with Crippen molar-refractivity contribution in [2.24, 2.45) is 5.92 Å². The number of rotatable bonds is 7. The molecule has 0 aliphatic carbocycles. The van der Waals surface area contributed by atoms with E-state index < -0.39 is 0 Å². The van der Waals surface area contributed by atoms with E-state index in [-0.39, 0.29) is 11.8 Å². The molecule has 30 heavy (non-hydrogen) atoms. The Morgan fingerprint density at radius 3 is 2.70 bits per heavy atom. The number of aromatic nitrogens is 3. The maximum Gasteiger partial charge on any atom is 0.224 e. The van der Waals surface area contributed by atoms with Gasteiger partial charge in [-0.25, -0.2) is 0 Å². The molecule has 1 aliphatic rings. The Morgan fingerprint density at radius 2 is 1.90 bits per heavy atom. The first-order chi connectivity index (χ1) is 14.6. The standard InChI is InChI=1S/C23H27N5O2/c1-2-23(30)27-12-10-19(16-27)13-17-6-8-18(9-7-17)14-22(29)24-15-21-26-25-20-5-3-4-11-28(20)21/h3-9,11,19H,2,10,12-16H2,1H3,(H,24,29). The minimum Gasteiger partial charge on any atom is -0.348 e. The quantitative estimate of drug-likeness (QED) is 0.655. The third kappa shape index (κ3) is 4.67. The van der Waals surface area contributed by atoms with Crippen LogP contribution < -0.4 is 5.32 Å². The van der Waals surface area contributed by atoms with E-state index in [0.29, 0.717) is 31.1 Å². The Balaban J connectivity index is 1.26. The van der Waals surface area contributed by atoms with Crippen molar-refractivity contribution in [2.45, 2.75) is 39.2 Å². The third-order valence-electron chi connectivity index (χ3n) is 5.68. The first-order valence-corrected chi connectivity index (χ1v) is 10.5. The fourth-order valence-corrected chi connectivity index (χ4v) is 4.01. The van der Waals surface area contributed by atoms with Gasteiger partial charge in [-0.15, -0.1) is 10.2 Å². The van der Waals surface area contributed by atoms with Gasteiger partial charge in [-0.3, -0.25) is 14.0 Å². The number of hydrogen-bond donors (Lipinski definition) is 1. The largest absolute Gasteiger partial charge is 0.348 e. The Bertz CT molecular complexity index is 1030. The number of carbonyl (C=O) groups is 2. The van der Waals surface area contributed by atoms with Crippen LogP contribution in [0.1, 0.15) is 36.7 Å². The number of amides is 2. The second kappa shape index (κ2) is 9.07. The van der Waals surface area contributed by atoms with Crippen LogP contribution in [0.15, 0.2) is 48.7 Å². The topological polar surface area (TPSA) is 79.6 Å². The van der Waals surface area contributed by atoms with Crippen LogP contribution in [0.4, 0.5) is 0 Å². The highest BCUT2D eigenvalue weighted by atomic mass is 16.2. The SMILES string of the molecule is CCC(=O)N1CCC(Cc2ccc(CC(=O)NCc3nnc4ccccn34)cc2)C1. The summed E-state index contributed by atoms with van der Waals surface area (Å²) in [6.45, 7) is 3.99. The van der Waals surface area contributed by atoms with Crippen LogP contribution in [-0.2, 0) is 29.0 Å². The van der Waals surface area contributed by atoms with Crippen molar-refractivity contribution < 1.29 is 9.59 Å². The van der Waals surface area contributed by atoms with Gasteiger partial charge in [0.15, 0.2) is 11.5 Å². The predicted molar refractivity (Wildman–Crippen MR) is 114 cm³/mol. The molecule has 0 bridgehead atoms. The van der Waals surface area contributed by atoms with Crippen LogP contribution in [0.2, 0.25) is 0 Å². The summed E-state index contributed by atoms with van der Waals surface area (Å²) >= 11 is 0. The van der Waals surface area contributed by atoms with Crippen molar-refractivity contribution in [2.75, 3.05) is 13.1 Å². The van der Waals surface area contributed by atoms with Crippen LogP contribution >= 0.6 is 0 Å². The lowest BCUT2D eigenvalue weighted by atomic mass is 9.97. The molecule has 2 amide bonds. The maximum absolute atomic E-state index is 12.3. The van der Waals surface area contributed by atoms with Gasteiger partial charge in [-0.05, 0) is 42.0 Å². The fourth-order valence-electron chi connectivity index (χ4n) is 4.01. The summed E-state index contributed by atoms with van der Waals surface area (Å²) < 4.78 is 1.87. The predicted octanol–water partition coefficient (Wildman–Crippen LogP) is 2.39. The van der Waals surface area contributed by atoms with Crippen LogP contribution in [0, 0.1) is 5.92 Å². The van der Waals surface area contributed by atoms with E-state index in [9.17, 15) is 9.59 Å². The minimum absolute atomic E-state index is 0.0417. The maximum atomic E-state index is 12.3. The number of hydrogen-bond acceptors (Lipinski definition) is 4. The lowest BCUT2D eigenvalue weighted by Crippen LogP contribution is -2.28. The molecule has 3 heterocycles. The zero-order chi connectivity index (χ0) is 20.9. The Kier molecular flexibility index (Phi) is 6.07. The smallest absolute Gasteiger partial charge is 0.224 e. The molecule has 7 heteroatoms. The summed E-state index contributed by atoms with van der Waals surface area (Å²) in [7, 11) is 0. The van der Waals surface area contributed by atoms with Gasteiger partial charge in [0.25, 0.3) is 0 Å². The van der Waals surface area contributed by atoms with Crippen molar-refractivity contribution in [3.05, 3.63) is 65.6 Å². The molecule has 1 fully saturated rings. The molecule has 4 rings (SSSR count). The molecular weight excluding hydrogens is 378 g/mol. The Labute approximate surface area is 176 Å². The van der Waals surface area contributed by atoms with Gasteiger partial charge in [0.05, 0.1) is 13.0 Å². The highest BCUT2D eigenvalue weighted by molar-refractivity contribution is 5.78. The van der Waals surface area contributed by atoms with Gasteiger partial charge in [-0.1, -0.05) is 37.3 Å². The zero-order valence-electron chi connectivity index (χ0n) is 17.3. The summed E-state index contributed by atoms with van der Waals surface area (Å²) in [6.07, 6.45) is 4.83. The molecule has 1 aromatic carbocycles. The van der Waals surface area contributed by atoms with Gasteiger partial charge < -0.3 is 10.2 Å². The summed E-state index contributed by atoms with van der Waals surface area (Å²) in [5.41, 5.74) is 3.00. The third-order valence-corrected chi connectivity index (χ3v) is 5.68. The van der Waals surface area contributed by atoms with Crippen LogP contribution in [0.5, 0.6) is 0 Å². The second-order valence-electron chi connectivity index (χ2n) is 7.87. The molecule has 0 saturated carbocycles. The molecule has 3 aromatic rings. The molecule has 1 aliphatic heterocycles. The molecule has 1 saturated heterocycles. The molecule has 156 valence electrons. The number of carbonyl (C=O) groups excluding carboxylic acids is 2. The number of benzene rings is 1. The Morgan fingerprint density at radius 1 is 1.10 bits per heavy atom. The van der Waals surface area contributed by atoms with E-state index in [1.807, 2.05) is 52.8 Å². The molecule has 0 spiro atoms. The van der Waals surface area contributed by atoms with Crippen molar-refractivity contribution in [1.29, 1.82) is 0 Å². The fraction of sp³-hybridized carbons (Fsp3) is 0.391. The number of nitrogens with zero attached hydrogens (tertiary/aromatic N) is 4. The van der Waals surface area contributed by atoms with Gasteiger partial charge in [0.1, 0.15) is 0 Å². The van der Waals surface area contributed by atoms with E-state index in [2.05, 4.69) is 27.6 Å². The zero-order valence-corrected chi connectivity index (χ0v) is 17.3. The van der Waals surface area contributed by atoms with Crippen molar-refractivity contribution in [3.63, 3.8) is 0 Å². The average Bonchev–Trinajstić information content (AvgIpc) is 3.40. The number of pyridine rings is 1. The van der Waals surface area contributed by atoms with Crippen LogP contribution in [0.25, 0.3) is 5.65 Å². The molecular formula is C23H27N5O2. The minimum atomic E-state index is -0.0417. The second-order valence-corrected chi connectivity index (χ2v) is 7.87. The lowest BCUT2D eigenvalue weighted by Gasteiger charge is -2.15. The van der Waals surface area contributed by atoms with Gasteiger partial charge in [0.2, 0.25) is 11.8 Å². The first-order valence-electron chi connectivity index (χ1n) is 10.5. The van der Waals surface area contributed by atoms with E-state index in [1.54, 1.807) is 0 Å². The van der Waals surface area contributed by atoms with Gasteiger partial charge in [-0.2, -0.15) is 0 Å². The number of nitrogens with one attached hydrogen (secondary N) is 1. The molecule has 1 atom stereocenters. The molecule has 1 unspecified atom stereocenters. The highest BCUT2D eigenvalue weighted by Gasteiger charge is 2.25. The molecule has 1 N–H and O–H groups in total. The molecule has 7 nitrogen and oxygen atoms in total. The van der Waals surface area contributed by atoms with E-state index in [4.69, 9.17) is 0 Å². The van der Waals surface area contributed by atoms with Gasteiger partial charge >= 0.3 is 0 Å². The van der Waals surface area contributed by atoms with Crippen molar-refractivity contribution >= 4 is 17.5 Å². The van der Waals surface area contributed by atoms with Crippen LogP contribution in [0.3, 0.4) is 0 Å². The summed E-state index contributed by atoms with van der Waals surface area (Å²) in [5.74, 6) is 1.44. The lowest BCUT2D eigenvalue weighted by molar-refractivity contribution is -0.129. The van der Waals surface area contributed by atoms with E-state index in [0.717, 1.165) is 37.1 Å². The summed E-state index contributed by atoms with van der Waals surface area (Å²) in [5, 5.41) is 11.1. The summed E-state index contributed by atoms with van der Waals surface area (Å²) in [4.78, 5) is 26.1.